The molecule has 6 heteroatoms. The van der Waals surface area contributed by atoms with E-state index in [0.717, 1.165) is 24.3 Å². The van der Waals surface area contributed by atoms with E-state index in [9.17, 15) is 23.2 Å². The Balaban J connectivity index is 2.64. The molecule has 0 amide bonds. The Morgan fingerprint density at radius 2 is 1.56 bits per heavy atom. The zero-order valence-corrected chi connectivity index (χ0v) is 16.5. The van der Waals surface area contributed by atoms with E-state index in [4.69, 9.17) is 0 Å². The molecule has 27 heavy (non-hydrogen) atoms. The lowest BCUT2D eigenvalue weighted by molar-refractivity contribution is 0.454. The van der Waals surface area contributed by atoms with Crippen molar-refractivity contribution in [2.45, 2.75) is 44.4 Å². The Morgan fingerprint density at radius 1 is 1.07 bits per heavy atom. The van der Waals surface area contributed by atoms with E-state index in [0.29, 0.717) is 16.7 Å². The molecule has 0 spiro atoms. The van der Waals surface area contributed by atoms with Crippen molar-refractivity contribution in [3.05, 3.63) is 63.8 Å². The van der Waals surface area contributed by atoms with Crippen LogP contribution < -0.4 is 0 Å². The molecule has 0 radical (unpaired) electrons. The topological polar surface area (TPSA) is 78.2 Å². The van der Waals surface area contributed by atoms with Gasteiger partial charge in [0.15, 0.2) is 0 Å². The van der Waals surface area contributed by atoms with Crippen LogP contribution >= 0.6 is 0 Å². The summed E-state index contributed by atoms with van der Waals surface area (Å²) in [6.45, 7) is 7.69. The summed E-state index contributed by atoms with van der Waals surface area (Å²) in [5.74, 6) is -0.319. The SMILES string of the molecule is CC(C)c1cc(/C=C(/C#N)S(=O)(=O)c2ccc(F)cc2)cc(C(C)C)c1O. The number of aromatic hydroxyl groups is 1. The van der Waals surface area contributed by atoms with Crippen molar-refractivity contribution >= 4 is 15.9 Å². The summed E-state index contributed by atoms with van der Waals surface area (Å²) in [7, 11) is -4.07. The highest BCUT2D eigenvalue weighted by atomic mass is 32.2. The Kier molecular flexibility index (Phi) is 6.07. The first-order chi connectivity index (χ1) is 12.6. The number of sulfone groups is 1. The van der Waals surface area contributed by atoms with Crippen LogP contribution in [0.5, 0.6) is 5.75 Å². The van der Waals surface area contributed by atoms with Crippen LogP contribution in [0.15, 0.2) is 46.2 Å². The number of allylic oxidation sites excluding steroid dienone is 1. The predicted molar refractivity (Wildman–Crippen MR) is 103 cm³/mol. The maximum absolute atomic E-state index is 13.1. The number of nitrogens with zero attached hydrogens (tertiary/aromatic N) is 1. The highest BCUT2D eigenvalue weighted by Crippen LogP contribution is 2.35. The van der Waals surface area contributed by atoms with E-state index in [1.807, 2.05) is 27.7 Å². The molecule has 1 N–H and O–H groups in total. The summed E-state index contributed by atoms with van der Waals surface area (Å²) >= 11 is 0. The molecule has 2 aromatic rings. The van der Waals surface area contributed by atoms with E-state index >= 15 is 0 Å². The van der Waals surface area contributed by atoms with Gasteiger partial charge in [-0.25, -0.2) is 12.8 Å². The summed E-state index contributed by atoms with van der Waals surface area (Å²) < 4.78 is 38.5. The quantitative estimate of drug-likeness (QED) is 0.571. The molecule has 142 valence electrons. The highest BCUT2D eigenvalue weighted by molar-refractivity contribution is 7.95. The van der Waals surface area contributed by atoms with Gasteiger partial charge < -0.3 is 5.11 Å². The number of nitriles is 1. The summed E-state index contributed by atoms with van der Waals surface area (Å²) in [5, 5.41) is 19.9. The predicted octanol–water partition coefficient (Wildman–Crippen LogP) is 5.12. The summed E-state index contributed by atoms with van der Waals surface area (Å²) in [4.78, 5) is -0.590. The maximum atomic E-state index is 13.1. The lowest BCUT2D eigenvalue weighted by Gasteiger charge is -2.16. The van der Waals surface area contributed by atoms with Gasteiger partial charge in [-0.15, -0.1) is 0 Å². The van der Waals surface area contributed by atoms with E-state index in [1.165, 1.54) is 6.08 Å². The van der Waals surface area contributed by atoms with Gasteiger partial charge >= 0.3 is 0 Å². The van der Waals surface area contributed by atoms with Crippen molar-refractivity contribution in [3.63, 3.8) is 0 Å². The van der Waals surface area contributed by atoms with Gasteiger partial charge in [0.1, 0.15) is 22.5 Å². The van der Waals surface area contributed by atoms with Crippen LogP contribution in [0.4, 0.5) is 4.39 Å². The standard InChI is InChI=1S/C21H22FNO3S/c1-13(2)19-10-15(11-20(14(3)4)21(19)24)9-18(12-23)27(25,26)17-7-5-16(22)6-8-17/h5-11,13-14,24H,1-4H3/b18-9-. The van der Waals surface area contributed by atoms with Gasteiger partial charge in [0.05, 0.1) is 4.90 Å². The minimum atomic E-state index is -4.07. The third kappa shape index (κ3) is 4.37. The molecular weight excluding hydrogens is 365 g/mol. The molecule has 0 bridgehead atoms. The van der Waals surface area contributed by atoms with Crippen molar-refractivity contribution in [3.8, 4) is 11.8 Å². The van der Waals surface area contributed by atoms with Gasteiger partial charge in [0.25, 0.3) is 0 Å². The molecule has 2 rings (SSSR count). The Labute approximate surface area is 159 Å². The van der Waals surface area contributed by atoms with Gasteiger partial charge in [-0.3, -0.25) is 0 Å². The Morgan fingerprint density at radius 3 is 1.96 bits per heavy atom. The van der Waals surface area contributed by atoms with E-state index < -0.39 is 20.6 Å². The number of hydrogen-bond donors (Lipinski definition) is 1. The third-order valence-corrected chi connectivity index (χ3v) is 5.94. The number of phenolic OH excluding ortho intramolecular Hbond substituents is 1. The number of halogens is 1. The van der Waals surface area contributed by atoms with Crippen molar-refractivity contribution in [1.82, 2.24) is 0 Å². The van der Waals surface area contributed by atoms with E-state index in [-0.39, 0.29) is 22.5 Å². The molecule has 0 fully saturated rings. The van der Waals surface area contributed by atoms with Crippen LogP contribution in [0.1, 0.15) is 56.2 Å². The molecule has 0 heterocycles. The number of hydrogen-bond acceptors (Lipinski definition) is 4. The summed E-state index contributed by atoms with van der Waals surface area (Å²) in [6, 6.07) is 9.44. The smallest absolute Gasteiger partial charge is 0.216 e. The molecule has 4 nitrogen and oxygen atoms in total. The molecule has 0 aliphatic heterocycles. The molecule has 0 saturated carbocycles. The number of benzene rings is 2. The van der Waals surface area contributed by atoms with Crippen molar-refractivity contribution < 1.29 is 17.9 Å². The molecule has 0 unspecified atom stereocenters. The lowest BCUT2D eigenvalue weighted by Crippen LogP contribution is -2.04. The van der Waals surface area contributed by atoms with Crippen LogP contribution in [-0.4, -0.2) is 13.5 Å². The van der Waals surface area contributed by atoms with Crippen molar-refractivity contribution in [1.29, 1.82) is 5.26 Å². The molecule has 0 aliphatic rings. The van der Waals surface area contributed by atoms with Crippen LogP contribution in [0.25, 0.3) is 6.08 Å². The molecule has 0 atom stereocenters. The first kappa shape index (κ1) is 20.7. The van der Waals surface area contributed by atoms with Gasteiger partial charge in [0, 0.05) is 0 Å². The van der Waals surface area contributed by atoms with Crippen LogP contribution in [0.3, 0.4) is 0 Å². The maximum Gasteiger partial charge on any atom is 0.216 e. The Hall–Kier alpha value is -2.65. The van der Waals surface area contributed by atoms with Gasteiger partial charge in [-0.2, -0.15) is 5.26 Å². The summed E-state index contributed by atoms with van der Waals surface area (Å²) in [5.41, 5.74) is 1.88. The van der Waals surface area contributed by atoms with Crippen LogP contribution in [-0.2, 0) is 9.84 Å². The number of phenols is 1. The first-order valence-corrected chi connectivity index (χ1v) is 10.1. The zero-order chi connectivity index (χ0) is 20.4. The lowest BCUT2D eigenvalue weighted by atomic mass is 9.91. The molecule has 0 aliphatic carbocycles. The second-order valence-electron chi connectivity index (χ2n) is 6.94. The highest BCUT2D eigenvalue weighted by Gasteiger charge is 2.22. The van der Waals surface area contributed by atoms with Gasteiger partial charge in [-0.05, 0) is 71.0 Å². The summed E-state index contributed by atoms with van der Waals surface area (Å²) in [6.07, 6.45) is 1.29. The molecule has 0 saturated heterocycles. The molecule has 0 aromatic heterocycles. The molecular formula is C21H22FNO3S. The largest absolute Gasteiger partial charge is 0.507 e. The second-order valence-corrected chi connectivity index (χ2v) is 8.85. The third-order valence-electron chi connectivity index (χ3n) is 4.26. The normalized spacial score (nSPS) is 12.4. The Bertz CT molecular complexity index is 985. The van der Waals surface area contributed by atoms with E-state index in [2.05, 4.69) is 0 Å². The fourth-order valence-electron chi connectivity index (χ4n) is 2.73. The van der Waals surface area contributed by atoms with Crippen LogP contribution in [0, 0.1) is 17.1 Å². The van der Waals surface area contributed by atoms with Crippen molar-refractivity contribution in [2.24, 2.45) is 0 Å². The second kappa shape index (κ2) is 7.93. The average Bonchev–Trinajstić information content (AvgIpc) is 2.60. The first-order valence-electron chi connectivity index (χ1n) is 8.57. The van der Waals surface area contributed by atoms with E-state index in [1.54, 1.807) is 18.2 Å². The van der Waals surface area contributed by atoms with Gasteiger partial charge in [0.2, 0.25) is 9.84 Å². The minimum absolute atomic E-state index is 0.0232. The average molecular weight is 387 g/mol. The number of rotatable bonds is 5. The van der Waals surface area contributed by atoms with Crippen LogP contribution in [0.2, 0.25) is 0 Å². The van der Waals surface area contributed by atoms with Gasteiger partial charge in [-0.1, -0.05) is 27.7 Å². The van der Waals surface area contributed by atoms with Crippen molar-refractivity contribution in [2.75, 3.05) is 0 Å². The fourth-order valence-corrected chi connectivity index (χ4v) is 3.89. The monoisotopic (exact) mass is 387 g/mol. The zero-order valence-electron chi connectivity index (χ0n) is 15.7. The minimum Gasteiger partial charge on any atom is -0.507 e. The molecule has 2 aromatic carbocycles. The fraction of sp³-hybridized carbons (Fsp3) is 0.286.